The molecule has 0 aliphatic carbocycles. The van der Waals surface area contributed by atoms with E-state index in [1.54, 1.807) is 12.3 Å². The predicted molar refractivity (Wildman–Crippen MR) is 88.9 cm³/mol. The van der Waals surface area contributed by atoms with E-state index in [2.05, 4.69) is 9.88 Å². The van der Waals surface area contributed by atoms with E-state index in [1.165, 1.54) is 0 Å². The Bertz CT molecular complexity index is 691. The molecule has 0 bridgehead atoms. The van der Waals surface area contributed by atoms with Crippen molar-refractivity contribution in [2.45, 2.75) is 0 Å². The van der Waals surface area contributed by atoms with E-state index in [0.717, 1.165) is 17.1 Å². The molecule has 0 fully saturated rings. The van der Waals surface area contributed by atoms with E-state index < -0.39 is 0 Å². The Morgan fingerprint density at radius 1 is 0.762 bits per heavy atom. The zero-order valence-corrected chi connectivity index (χ0v) is 12.6. The van der Waals surface area contributed by atoms with Gasteiger partial charge in [-0.15, -0.1) is 0 Å². The van der Waals surface area contributed by atoms with Crippen molar-refractivity contribution in [2.24, 2.45) is 0 Å². The van der Waals surface area contributed by atoms with E-state index in [0.29, 0.717) is 10.2 Å². The second-order valence-electron chi connectivity index (χ2n) is 4.46. The van der Waals surface area contributed by atoms with Gasteiger partial charge in [0.2, 0.25) is 0 Å². The minimum absolute atomic E-state index is 0.409. The van der Waals surface area contributed by atoms with Crippen molar-refractivity contribution in [3.63, 3.8) is 0 Å². The number of aromatic nitrogens is 1. The average molecular weight is 315 g/mol. The van der Waals surface area contributed by atoms with Gasteiger partial charge in [-0.2, -0.15) is 0 Å². The number of benzene rings is 2. The molecule has 0 atom stereocenters. The normalized spacial score (nSPS) is 10.4. The molecule has 0 radical (unpaired) electrons. The molecule has 2 nitrogen and oxygen atoms in total. The molecule has 1 aromatic heterocycles. The summed E-state index contributed by atoms with van der Waals surface area (Å²) >= 11 is 12.4. The summed E-state index contributed by atoms with van der Waals surface area (Å²) in [6.45, 7) is 0. The Hall–Kier alpha value is -2.03. The summed E-state index contributed by atoms with van der Waals surface area (Å²) in [5.41, 5.74) is 2.81. The molecule has 0 saturated heterocycles. The fraction of sp³-hybridized carbons (Fsp3) is 0. The van der Waals surface area contributed by atoms with Crippen molar-refractivity contribution < 1.29 is 0 Å². The number of nitrogens with zero attached hydrogens (tertiary/aromatic N) is 2. The highest BCUT2D eigenvalue weighted by Gasteiger charge is 2.15. The van der Waals surface area contributed by atoms with Crippen LogP contribution >= 0.6 is 23.2 Å². The molecule has 3 rings (SSSR count). The van der Waals surface area contributed by atoms with Crippen LogP contribution in [0.25, 0.3) is 0 Å². The van der Waals surface area contributed by atoms with Gasteiger partial charge >= 0.3 is 0 Å². The Morgan fingerprint density at radius 2 is 1.29 bits per heavy atom. The molecule has 0 N–H and O–H groups in total. The average Bonchev–Trinajstić information content (AvgIpc) is 2.53. The lowest BCUT2D eigenvalue weighted by atomic mass is 10.2. The molecule has 0 aliphatic heterocycles. The first-order chi connectivity index (χ1) is 10.3. The summed E-state index contributed by atoms with van der Waals surface area (Å²) in [7, 11) is 0. The second-order valence-corrected chi connectivity index (χ2v) is 5.26. The molecule has 21 heavy (non-hydrogen) atoms. The third-order valence-corrected chi connectivity index (χ3v) is 3.57. The fourth-order valence-electron chi connectivity index (χ4n) is 2.16. The summed E-state index contributed by atoms with van der Waals surface area (Å²) in [5, 5.41) is 0.957. The Labute approximate surface area is 133 Å². The molecule has 0 amide bonds. The lowest BCUT2D eigenvalue weighted by Crippen LogP contribution is -2.10. The third kappa shape index (κ3) is 3.02. The number of anilines is 3. The van der Waals surface area contributed by atoms with Gasteiger partial charge in [-0.25, -0.2) is 4.98 Å². The number of pyridine rings is 1. The van der Waals surface area contributed by atoms with Crippen LogP contribution in [0.15, 0.2) is 72.9 Å². The zero-order valence-electron chi connectivity index (χ0n) is 11.1. The molecule has 1 heterocycles. The molecule has 0 spiro atoms. The Balaban J connectivity index is 2.20. The Morgan fingerprint density at radius 3 is 1.81 bits per heavy atom. The van der Waals surface area contributed by atoms with Crippen LogP contribution in [0.5, 0.6) is 0 Å². The van der Waals surface area contributed by atoms with Gasteiger partial charge < -0.3 is 4.90 Å². The summed E-state index contributed by atoms with van der Waals surface area (Å²) in [5.74, 6) is 0. The maximum absolute atomic E-state index is 6.33. The van der Waals surface area contributed by atoms with Crippen LogP contribution in [0, 0.1) is 0 Å². The van der Waals surface area contributed by atoms with E-state index in [9.17, 15) is 0 Å². The first kappa shape index (κ1) is 13.9. The van der Waals surface area contributed by atoms with Crippen molar-refractivity contribution in [3.05, 3.63) is 83.1 Å². The Kier molecular flexibility index (Phi) is 4.09. The predicted octanol–water partition coefficient (Wildman–Crippen LogP) is 5.86. The molecule has 0 aliphatic rings. The summed E-state index contributed by atoms with van der Waals surface area (Å²) in [6.07, 6.45) is 1.57. The monoisotopic (exact) mass is 314 g/mol. The number of hydrogen-bond acceptors (Lipinski definition) is 2. The SMILES string of the molecule is Clc1cc(N(c2ccccc2)c2ccccc2)c(Cl)cn1. The van der Waals surface area contributed by atoms with Gasteiger partial charge in [0, 0.05) is 23.6 Å². The lowest BCUT2D eigenvalue weighted by molar-refractivity contribution is 1.24. The molecule has 0 saturated carbocycles. The van der Waals surface area contributed by atoms with Gasteiger partial charge in [0.1, 0.15) is 5.15 Å². The van der Waals surface area contributed by atoms with E-state index >= 15 is 0 Å². The van der Waals surface area contributed by atoms with Gasteiger partial charge in [-0.3, -0.25) is 0 Å². The second kappa shape index (κ2) is 6.17. The van der Waals surface area contributed by atoms with Crippen molar-refractivity contribution in [1.29, 1.82) is 0 Å². The van der Waals surface area contributed by atoms with Gasteiger partial charge in [0.25, 0.3) is 0 Å². The maximum Gasteiger partial charge on any atom is 0.131 e. The van der Waals surface area contributed by atoms with Gasteiger partial charge in [-0.1, -0.05) is 59.6 Å². The van der Waals surface area contributed by atoms with Crippen LogP contribution in [0.2, 0.25) is 10.2 Å². The molecular weight excluding hydrogens is 303 g/mol. The molecule has 104 valence electrons. The summed E-state index contributed by atoms with van der Waals surface area (Å²) in [6, 6.07) is 21.8. The summed E-state index contributed by atoms with van der Waals surface area (Å²) < 4.78 is 0. The zero-order chi connectivity index (χ0) is 14.7. The van der Waals surface area contributed by atoms with Crippen molar-refractivity contribution in [2.75, 3.05) is 4.90 Å². The van der Waals surface area contributed by atoms with Crippen LogP contribution in [-0.4, -0.2) is 4.98 Å². The molecule has 0 unspecified atom stereocenters. The van der Waals surface area contributed by atoms with Gasteiger partial charge in [0.15, 0.2) is 0 Å². The number of halogens is 2. The van der Waals surface area contributed by atoms with Gasteiger partial charge in [0.05, 0.1) is 10.7 Å². The molecule has 3 aromatic rings. The topological polar surface area (TPSA) is 16.1 Å². The highest BCUT2D eigenvalue weighted by molar-refractivity contribution is 6.34. The van der Waals surface area contributed by atoms with Gasteiger partial charge in [-0.05, 0) is 24.3 Å². The first-order valence-electron chi connectivity index (χ1n) is 6.47. The van der Waals surface area contributed by atoms with Crippen LogP contribution in [0.1, 0.15) is 0 Å². The first-order valence-corrected chi connectivity index (χ1v) is 7.22. The van der Waals surface area contributed by atoms with Crippen LogP contribution in [-0.2, 0) is 0 Å². The fourth-order valence-corrected chi connectivity index (χ4v) is 2.50. The highest BCUT2D eigenvalue weighted by Crippen LogP contribution is 2.38. The third-order valence-electron chi connectivity index (χ3n) is 3.07. The minimum Gasteiger partial charge on any atom is -0.309 e. The number of hydrogen-bond donors (Lipinski definition) is 0. The van der Waals surface area contributed by atoms with Crippen LogP contribution < -0.4 is 4.90 Å². The van der Waals surface area contributed by atoms with Crippen molar-refractivity contribution in [3.8, 4) is 0 Å². The number of para-hydroxylation sites is 2. The maximum atomic E-state index is 6.33. The molecule has 2 aromatic carbocycles. The molecule has 4 heteroatoms. The highest BCUT2D eigenvalue weighted by atomic mass is 35.5. The molecular formula is C17H12Cl2N2. The smallest absolute Gasteiger partial charge is 0.131 e. The van der Waals surface area contributed by atoms with E-state index in [1.807, 2.05) is 60.7 Å². The van der Waals surface area contributed by atoms with Crippen molar-refractivity contribution >= 4 is 40.3 Å². The lowest BCUT2D eigenvalue weighted by Gasteiger charge is -2.26. The van der Waals surface area contributed by atoms with E-state index in [4.69, 9.17) is 23.2 Å². The van der Waals surface area contributed by atoms with Crippen LogP contribution in [0.3, 0.4) is 0 Å². The van der Waals surface area contributed by atoms with Crippen molar-refractivity contribution in [1.82, 2.24) is 4.98 Å². The largest absolute Gasteiger partial charge is 0.309 e. The standard InChI is InChI=1S/C17H12Cl2N2/c18-15-12-20-17(19)11-16(15)21(13-7-3-1-4-8-13)14-9-5-2-6-10-14/h1-12H. The minimum atomic E-state index is 0.409. The quantitative estimate of drug-likeness (QED) is 0.563. The summed E-state index contributed by atoms with van der Waals surface area (Å²) in [4.78, 5) is 6.07. The van der Waals surface area contributed by atoms with E-state index in [-0.39, 0.29) is 0 Å². The number of rotatable bonds is 3. The van der Waals surface area contributed by atoms with Crippen LogP contribution in [0.4, 0.5) is 17.1 Å².